The van der Waals surface area contributed by atoms with Crippen LogP contribution in [0.25, 0.3) is 0 Å². The third kappa shape index (κ3) is 37.1. The first-order valence-corrected chi connectivity index (χ1v) is 21.4. The molecule has 0 amide bonds. The maximum atomic E-state index is 12.6. The Labute approximate surface area is 336 Å². The number of esters is 2. The summed E-state index contributed by atoms with van der Waals surface area (Å²) in [6, 6.07) is -1.54. The molecule has 0 aliphatic rings. The Morgan fingerprint density at radius 3 is 1.64 bits per heavy atom. The van der Waals surface area contributed by atoms with Crippen molar-refractivity contribution in [1.29, 1.82) is 0 Å². The summed E-state index contributed by atoms with van der Waals surface area (Å²) >= 11 is 0. The minimum Gasteiger partial charge on any atom is -0.480 e. The minimum atomic E-state index is -4.74. The Morgan fingerprint density at radius 1 is 0.571 bits per heavy atom. The highest BCUT2D eigenvalue weighted by Gasteiger charge is 2.28. The first-order valence-electron chi connectivity index (χ1n) is 19.9. The van der Waals surface area contributed by atoms with Crippen LogP contribution in [0.1, 0.15) is 117 Å². The highest BCUT2D eigenvalue weighted by Crippen LogP contribution is 2.43. The van der Waals surface area contributed by atoms with Crippen LogP contribution in [0.2, 0.25) is 0 Å². The molecule has 0 aliphatic heterocycles. The number of rotatable bonds is 35. The molecule has 0 saturated heterocycles. The Hall–Kier alpha value is -3.86. The third-order valence-corrected chi connectivity index (χ3v) is 8.54. The van der Waals surface area contributed by atoms with Crippen molar-refractivity contribution in [2.45, 2.75) is 129 Å². The fourth-order valence-electron chi connectivity index (χ4n) is 4.50. The van der Waals surface area contributed by atoms with E-state index in [0.717, 1.165) is 77.0 Å². The predicted octanol–water partition coefficient (Wildman–Crippen LogP) is 10.3. The van der Waals surface area contributed by atoms with Crippen molar-refractivity contribution in [1.82, 2.24) is 0 Å². The maximum absolute atomic E-state index is 12.6. The monoisotopic (exact) mass is 801 g/mol. The smallest absolute Gasteiger partial charge is 0.472 e. The van der Waals surface area contributed by atoms with E-state index in [1.54, 1.807) is 0 Å². The van der Waals surface area contributed by atoms with Gasteiger partial charge in [-0.1, -0.05) is 142 Å². The molecule has 0 aromatic rings. The van der Waals surface area contributed by atoms with E-state index < -0.39 is 57.7 Å². The van der Waals surface area contributed by atoms with Crippen LogP contribution < -0.4 is 5.73 Å². The summed E-state index contributed by atoms with van der Waals surface area (Å²) in [7, 11) is -4.74. The normalized spacial score (nSPS) is 14.9. The van der Waals surface area contributed by atoms with Gasteiger partial charge in [0.2, 0.25) is 0 Å². The van der Waals surface area contributed by atoms with Gasteiger partial charge < -0.3 is 25.2 Å². The Balaban J connectivity index is 4.58. The molecule has 0 aliphatic carbocycles. The van der Waals surface area contributed by atoms with Crippen molar-refractivity contribution in [3.63, 3.8) is 0 Å². The lowest BCUT2D eigenvalue weighted by Crippen LogP contribution is -2.34. The highest BCUT2D eigenvalue weighted by atomic mass is 31.2. The number of carbonyl (C=O) groups is 3. The number of carbonyl (C=O) groups excluding carboxylic acids is 2. The van der Waals surface area contributed by atoms with Gasteiger partial charge in [0.25, 0.3) is 0 Å². The molecule has 0 spiro atoms. The molecule has 314 valence electrons. The van der Waals surface area contributed by atoms with Crippen LogP contribution in [0.3, 0.4) is 0 Å². The number of hydrogen-bond donors (Lipinski definition) is 3. The standard InChI is InChI=1S/C44H68NO10P/c1-3-5-7-9-11-13-15-17-18-19-20-21-22-24-25-27-29-31-33-35-42(46)52-37-40(38-53-56(50,51)54-39-41(45)44(48)49)55-43(47)36-34-32-30-28-26-23-16-14-12-10-8-6-4-2/h5-8,10-14,16-18,20-21,24-25,29,31,40-41H,3-4,9,15,19,22-23,26-28,30,32-39,45H2,1-2H3,(H,48,49)(H,50,51)/b7-5+,8-6+,12-10+,13-11+,16-14+,18-17+,21-20+,25-24+,31-29+/t40?,41-/m1/s1. The number of carboxylic acid groups (broad SMARTS) is 1. The molecule has 0 rings (SSSR count). The van der Waals surface area contributed by atoms with Crippen molar-refractivity contribution >= 4 is 25.7 Å². The lowest BCUT2D eigenvalue weighted by molar-refractivity contribution is -0.161. The van der Waals surface area contributed by atoms with E-state index >= 15 is 0 Å². The molecule has 0 aromatic carbocycles. The molecule has 3 atom stereocenters. The van der Waals surface area contributed by atoms with Crippen LogP contribution >= 0.6 is 7.82 Å². The van der Waals surface area contributed by atoms with Gasteiger partial charge in [0.1, 0.15) is 12.6 Å². The second kappa shape index (κ2) is 38.0. The zero-order valence-electron chi connectivity index (χ0n) is 33.7. The molecule has 4 N–H and O–H groups in total. The Kier molecular flexibility index (Phi) is 35.4. The molecule has 0 bridgehead atoms. The van der Waals surface area contributed by atoms with E-state index in [-0.39, 0.29) is 12.8 Å². The van der Waals surface area contributed by atoms with Crippen molar-refractivity contribution in [2.24, 2.45) is 5.73 Å². The largest absolute Gasteiger partial charge is 0.480 e. The van der Waals surface area contributed by atoms with Crippen molar-refractivity contribution in [3.8, 4) is 0 Å². The van der Waals surface area contributed by atoms with Crippen LogP contribution in [0, 0.1) is 0 Å². The molecular formula is C44H68NO10P. The van der Waals surface area contributed by atoms with Crippen LogP contribution in [-0.2, 0) is 37.5 Å². The SMILES string of the molecule is CC/C=C/C=C/C=C/CCCCCCCC(=O)OC(COC(=O)CC/C=C/C/C=C/C/C=C/C/C=C/C/C=C/C/C=C/CC)COP(=O)(O)OC[C@@H](N)C(=O)O. The van der Waals surface area contributed by atoms with E-state index in [4.69, 9.17) is 24.8 Å². The van der Waals surface area contributed by atoms with Crippen molar-refractivity contribution in [2.75, 3.05) is 19.8 Å². The van der Waals surface area contributed by atoms with Gasteiger partial charge in [-0.15, -0.1) is 0 Å². The average Bonchev–Trinajstić information content (AvgIpc) is 3.17. The van der Waals surface area contributed by atoms with E-state index in [1.165, 1.54) is 0 Å². The second-order valence-corrected chi connectivity index (χ2v) is 14.2. The number of phosphoric ester groups is 1. The number of aliphatic carboxylic acids is 1. The van der Waals surface area contributed by atoms with Crippen LogP contribution in [-0.4, -0.2) is 59.9 Å². The van der Waals surface area contributed by atoms with Gasteiger partial charge >= 0.3 is 25.7 Å². The highest BCUT2D eigenvalue weighted by molar-refractivity contribution is 7.47. The molecule has 56 heavy (non-hydrogen) atoms. The number of phosphoric acid groups is 1. The minimum absolute atomic E-state index is 0.0845. The fourth-order valence-corrected chi connectivity index (χ4v) is 5.28. The van der Waals surface area contributed by atoms with E-state index in [9.17, 15) is 23.8 Å². The lowest BCUT2D eigenvalue weighted by atomic mass is 10.1. The van der Waals surface area contributed by atoms with Gasteiger partial charge in [0.15, 0.2) is 6.10 Å². The molecule has 0 fully saturated rings. The van der Waals surface area contributed by atoms with Crippen LogP contribution in [0.5, 0.6) is 0 Å². The molecule has 12 heteroatoms. The zero-order valence-corrected chi connectivity index (χ0v) is 34.6. The fraction of sp³-hybridized carbons (Fsp3) is 0.523. The van der Waals surface area contributed by atoms with Gasteiger partial charge in [0, 0.05) is 12.8 Å². The molecule has 0 saturated carbocycles. The molecule has 0 heterocycles. The number of nitrogens with two attached hydrogens (primary N) is 1. The number of ether oxygens (including phenoxy) is 2. The summed E-state index contributed by atoms with van der Waals surface area (Å²) in [5.74, 6) is -2.53. The Morgan fingerprint density at radius 2 is 1.07 bits per heavy atom. The van der Waals surface area contributed by atoms with Crippen molar-refractivity contribution < 1.29 is 47.5 Å². The zero-order chi connectivity index (χ0) is 41.4. The summed E-state index contributed by atoms with van der Waals surface area (Å²) in [6.07, 6.45) is 48.9. The lowest BCUT2D eigenvalue weighted by Gasteiger charge is -2.20. The first-order chi connectivity index (χ1) is 27.1. The van der Waals surface area contributed by atoms with Gasteiger partial charge in [0.05, 0.1) is 13.2 Å². The van der Waals surface area contributed by atoms with Crippen LogP contribution in [0.4, 0.5) is 0 Å². The molecule has 11 nitrogen and oxygen atoms in total. The van der Waals surface area contributed by atoms with Gasteiger partial charge in [-0.25, -0.2) is 4.57 Å². The molecular weight excluding hydrogens is 733 g/mol. The summed E-state index contributed by atoms with van der Waals surface area (Å²) in [6.45, 7) is 2.41. The summed E-state index contributed by atoms with van der Waals surface area (Å²) in [4.78, 5) is 45.8. The van der Waals surface area contributed by atoms with E-state index in [1.807, 2.05) is 36.5 Å². The van der Waals surface area contributed by atoms with Gasteiger partial charge in [-0.2, -0.15) is 0 Å². The average molecular weight is 802 g/mol. The third-order valence-electron chi connectivity index (χ3n) is 7.59. The number of allylic oxidation sites excluding steroid dienone is 18. The predicted molar refractivity (Wildman–Crippen MR) is 226 cm³/mol. The quantitative estimate of drug-likeness (QED) is 0.0183. The number of unbranched alkanes of at least 4 members (excludes halogenated alkanes) is 5. The number of carboxylic acids is 1. The summed E-state index contributed by atoms with van der Waals surface area (Å²) in [5, 5.41) is 8.87. The Bertz CT molecular complexity index is 1360. The maximum Gasteiger partial charge on any atom is 0.472 e. The molecule has 0 aromatic heterocycles. The molecule has 2 unspecified atom stereocenters. The van der Waals surface area contributed by atoms with Crippen molar-refractivity contribution in [3.05, 3.63) is 109 Å². The number of hydrogen-bond acceptors (Lipinski definition) is 9. The van der Waals surface area contributed by atoms with E-state index in [2.05, 4.69) is 91.3 Å². The first kappa shape index (κ1) is 52.1. The van der Waals surface area contributed by atoms with Gasteiger partial charge in [-0.05, 0) is 70.6 Å². The molecule has 0 radical (unpaired) electrons. The summed E-state index contributed by atoms with van der Waals surface area (Å²) in [5.41, 5.74) is 5.31. The van der Waals surface area contributed by atoms with Gasteiger partial charge in [-0.3, -0.25) is 23.4 Å². The summed E-state index contributed by atoms with van der Waals surface area (Å²) < 4.78 is 32.5. The van der Waals surface area contributed by atoms with Crippen LogP contribution in [0.15, 0.2) is 109 Å². The second-order valence-electron chi connectivity index (χ2n) is 12.7. The van der Waals surface area contributed by atoms with E-state index in [0.29, 0.717) is 12.8 Å². The topological polar surface area (TPSA) is 172 Å².